The first-order chi connectivity index (χ1) is 14.0. The van der Waals surface area contributed by atoms with Gasteiger partial charge >= 0.3 is 0 Å². The molecule has 2 N–H and O–H groups in total. The van der Waals surface area contributed by atoms with Gasteiger partial charge in [0.15, 0.2) is 0 Å². The molecule has 2 aromatic carbocycles. The van der Waals surface area contributed by atoms with Crippen molar-refractivity contribution in [1.29, 1.82) is 0 Å². The SMILES string of the molecule is CCCCc1c(-c2ccc(C)cc2)c(C(N)=O)c(C)n1Cc1ccccc1OC. The number of primary amides is 1. The van der Waals surface area contributed by atoms with Crippen molar-refractivity contribution in [2.75, 3.05) is 7.11 Å². The van der Waals surface area contributed by atoms with E-state index in [0.29, 0.717) is 12.1 Å². The Bertz CT molecular complexity index is 1000. The summed E-state index contributed by atoms with van der Waals surface area (Å²) in [5.74, 6) is 0.467. The number of hydrogen-bond donors (Lipinski definition) is 1. The van der Waals surface area contributed by atoms with Crippen LogP contribution in [0.5, 0.6) is 5.75 Å². The van der Waals surface area contributed by atoms with E-state index < -0.39 is 0 Å². The Balaban J connectivity index is 2.23. The molecule has 0 radical (unpaired) electrons. The molecule has 0 aliphatic carbocycles. The Morgan fingerprint density at radius 1 is 1.07 bits per heavy atom. The lowest BCUT2D eigenvalue weighted by Crippen LogP contribution is -2.13. The molecule has 0 aliphatic rings. The summed E-state index contributed by atoms with van der Waals surface area (Å²) in [6, 6.07) is 16.3. The van der Waals surface area contributed by atoms with Gasteiger partial charge in [0.2, 0.25) is 0 Å². The number of methoxy groups -OCH3 is 1. The zero-order valence-electron chi connectivity index (χ0n) is 17.8. The summed E-state index contributed by atoms with van der Waals surface area (Å²) in [7, 11) is 1.69. The Morgan fingerprint density at radius 3 is 2.38 bits per heavy atom. The van der Waals surface area contributed by atoms with Crippen LogP contribution in [0.3, 0.4) is 0 Å². The molecular formula is C25H30N2O2. The molecule has 3 aromatic rings. The predicted molar refractivity (Wildman–Crippen MR) is 119 cm³/mol. The minimum absolute atomic E-state index is 0.380. The molecule has 29 heavy (non-hydrogen) atoms. The third kappa shape index (κ3) is 4.21. The third-order valence-electron chi connectivity index (χ3n) is 5.51. The highest BCUT2D eigenvalue weighted by molar-refractivity contribution is 6.02. The molecule has 0 fully saturated rings. The van der Waals surface area contributed by atoms with E-state index in [-0.39, 0.29) is 5.91 Å². The van der Waals surface area contributed by atoms with Crippen LogP contribution in [0.25, 0.3) is 11.1 Å². The maximum absolute atomic E-state index is 12.5. The first-order valence-electron chi connectivity index (χ1n) is 10.2. The van der Waals surface area contributed by atoms with Crippen LogP contribution in [0.2, 0.25) is 0 Å². The number of unbranched alkanes of at least 4 members (excludes halogenated alkanes) is 1. The second-order valence-electron chi connectivity index (χ2n) is 7.51. The molecule has 0 unspecified atom stereocenters. The van der Waals surface area contributed by atoms with Crippen LogP contribution in [-0.4, -0.2) is 17.6 Å². The summed E-state index contributed by atoms with van der Waals surface area (Å²) < 4.78 is 7.79. The summed E-state index contributed by atoms with van der Waals surface area (Å²) in [6.45, 7) is 6.87. The second-order valence-corrected chi connectivity index (χ2v) is 7.51. The van der Waals surface area contributed by atoms with Gasteiger partial charge in [0.1, 0.15) is 5.75 Å². The minimum Gasteiger partial charge on any atom is -0.496 e. The molecule has 0 saturated carbocycles. The van der Waals surface area contributed by atoms with Crippen molar-refractivity contribution in [3.63, 3.8) is 0 Å². The van der Waals surface area contributed by atoms with Crippen LogP contribution < -0.4 is 10.5 Å². The Kier molecular flexibility index (Phi) is 6.42. The number of amides is 1. The van der Waals surface area contributed by atoms with E-state index in [0.717, 1.165) is 53.1 Å². The van der Waals surface area contributed by atoms with E-state index in [9.17, 15) is 4.79 Å². The van der Waals surface area contributed by atoms with Crippen LogP contribution in [0.4, 0.5) is 0 Å². The minimum atomic E-state index is -0.380. The second kappa shape index (κ2) is 8.99. The van der Waals surface area contributed by atoms with Gasteiger partial charge in [-0.2, -0.15) is 0 Å². The van der Waals surface area contributed by atoms with Crippen LogP contribution in [-0.2, 0) is 13.0 Å². The Morgan fingerprint density at radius 2 is 1.76 bits per heavy atom. The number of nitrogens with zero attached hydrogens (tertiary/aromatic N) is 1. The maximum Gasteiger partial charge on any atom is 0.251 e. The number of ether oxygens (including phenoxy) is 1. The highest BCUT2D eigenvalue weighted by Gasteiger charge is 2.25. The van der Waals surface area contributed by atoms with Gasteiger partial charge in [-0.25, -0.2) is 0 Å². The number of aryl methyl sites for hydroxylation is 1. The van der Waals surface area contributed by atoms with E-state index in [1.807, 2.05) is 25.1 Å². The van der Waals surface area contributed by atoms with Gasteiger partial charge in [-0.1, -0.05) is 61.4 Å². The third-order valence-corrected chi connectivity index (χ3v) is 5.51. The number of rotatable bonds is 8. The molecule has 1 aromatic heterocycles. The average Bonchev–Trinajstić information content (AvgIpc) is 2.99. The zero-order chi connectivity index (χ0) is 21.0. The average molecular weight is 391 g/mol. The van der Waals surface area contributed by atoms with E-state index in [4.69, 9.17) is 10.5 Å². The molecule has 4 nitrogen and oxygen atoms in total. The standard InChI is InChI=1S/C25H30N2O2/c1-5-6-10-21-24(19-14-12-17(2)13-15-19)23(25(26)28)18(3)27(21)16-20-9-7-8-11-22(20)29-4/h7-9,11-15H,5-6,10,16H2,1-4H3,(H2,26,28). The molecule has 4 heteroatoms. The van der Waals surface area contributed by atoms with Gasteiger partial charge in [-0.15, -0.1) is 0 Å². The van der Waals surface area contributed by atoms with Gasteiger partial charge in [0.05, 0.1) is 19.2 Å². The van der Waals surface area contributed by atoms with Gasteiger partial charge < -0.3 is 15.0 Å². The topological polar surface area (TPSA) is 57.2 Å². The van der Waals surface area contributed by atoms with Crippen molar-refractivity contribution >= 4 is 5.91 Å². The number of nitrogens with two attached hydrogens (primary N) is 1. The zero-order valence-corrected chi connectivity index (χ0v) is 17.8. The quantitative estimate of drug-likeness (QED) is 0.569. The van der Waals surface area contributed by atoms with Crippen molar-refractivity contribution in [3.8, 4) is 16.9 Å². The summed E-state index contributed by atoms with van der Waals surface area (Å²) in [5.41, 5.74) is 12.8. The van der Waals surface area contributed by atoms with Gasteiger partial charge in [-0.3, -0.25) is 4.79 Å². The monoisotopic (exact) mass is 390 g/mol. The molecule has 1 heterocycles. The fourth-order valence-corrected chi connectivity index (χ4v) is 3.95. The molecule has 1 amide bonds. The van der Waals surface area contributed by atoms with E-state index in [1.54, 1.807) is 7.11 Å². The van der Waals surface area contributed by atoms with Crippen molar-refractivity contribution in [2.45, 2.75) is 46.6 Å². The van der Waals surface area contributed by atoms with E-state index in [2.05, 4.69) is 48.7 Å². The van der Waals surface area contributed by atoms with Crippen molar-refractivity contribution in [2.24, 2.45) is 5.73 Å². The number of carbonyl (C=O) groups excluding carboxylic acids is 1. The lowest BCUT2D eigenvalue weighted by atomic mass is 9.97. The molecule has 3 rings (SSSR count). The van der Waals surface area contributed by atoms with Crippen molar-refractivity contribution < 1.29 is 9.53 Å². The molecule has 0 atom stereocenters. The summed E-state index contributed by atoms with van der Waals surface area (Å²) in [6.07, 6.45) is 3.02. The fourth-order valence-electron chi connectivity index (χ4n) is 3.95. The normalized spacial score (nSPS) is 10.9. The lowest BCUT2D eigenvalue weighted by Gasteiger charge is -2.15. The first-order valence-corrected chi connectivity index (χ1v) is 10.2. The van der Waals surface area contributed by atoms with Crippen molar-refractivity contribution in [1.82, 2.24) is 4.57 Å². The predicted octanol–water partition coefficient (Wildman–Crippen LogP) is 5.27. The molecule has 0 spiro atoms. The summed E-state index contributed by atoms with van der Waals surface area (Å²) >= 11 is 0. The molecule has 152 valence electrons. The van der Waals surface area contributed by atoms with E-state index >= 15 is 0 Å². The number of hydrogen-bond acceptors (Lipinski definition) is 2. The van der Waals surface area contributed by atoms with Crippen molar-refractivity contribution in [3.05, 3.63) is 76.6 Å². The molecule has 0 bridgehead atoms. The van der Waals surface area contributed by atoms with Gasteiger partial charge in [0.25, 0.3) is 5.91 Å². The number of carbonyl (C=O) groups is 1. The van der Waals surface area contributed by atoms with Crippen LogP contribution in [0.1, 0.15) is 52.6 Å². The fraction of sp³-hybridized carbons (Fsp3) is 0.320. The Labute approximate surface area is 173 Å². The van der Waals surface area contributed by atoms with Crippen LogP contribution >= 0.6 is 0 Å². The number of aromatic nitrogens is 1. The highest BCUT2D eigenvalue weighted by Crippen LogP contribution is 2.35. The summed E-state index contributed by atoms with van der Waals surface area (Å²) in [4.78, 5) is 12.5. The molecule has 0 saturated heterocycles. The number of benzene rings is 2. The lowest BCUT2D eigenvalue weighted by molar-refractivity contribution is 0.1000. The summed E-state index contributed by atoms with van der Waals surface area (Å²) in [5, 5.41) is 0. The van der Waals surface area contributed by atoms with Gasteiger partial charge in [-0.05, 0) is 38.3 Å². The molecular weight excluding hydrogens is 360 g/mol. The number of para-hydroxylation sites is 1. The first kappa shape index (κ1) is 20.7. The molecule has 0 aliphatic heterocycles. The largest absolute Gasteiger partial charge is 0.496 e. The van der Waals surface area contributed by atoms with Crippen LogP contribution in [0, 0.1) is 13.8 Å². The Hall–Kier alpha value is -3.01. The highest BCUT2D eigenvalue weighted by atomic mass is 16.5. The van der Waals surface area contributed by atoms with Crippen LogP contribution in [0.15, 0.2) is 48.5 Å². The maximum atomic E-state index is 12.5. The smallest absolute Gasteiger partial charge is 0.251 e. The van der Waals surface area contributed by atoms with E-state index in [1.165, 1.54) is 5.56 Å². The van der Waals surface area contributed by atoms with Gasteiger partial charge in [0, 0.05) is 22.5 Å².